The molecule has 0 atom stereocenters. The van der Waals surface area contributed by atoms with Gasteiger partial charge in [0.2, 0.25) is 0 Å². The molecule has 0 radical (unpaired) electrons. The van der Waals surface area contributed by atoms with Crippen LogP contribution in [-0.4, -0.2) is 13.0 Å². The van der Waals surface area contributed by atoms with E-state index in [1.165, 1.54) is 0 Å². The molecule has 0 heterocycles. The molecule has 0 saturated carbocycles. The van der Waals surface area contributed by atoms with E-state index >= 15 is 0 Å². The second kappa shape index (κ2) is 5.07. The minimum atomic E-state index is -4.22. The lowest BCUT2D eigenvalue weighted by molar-refractivity contribution is 0.490. The van der Waals surface area contributed by atoms with Gasteiger partial charge in [0.25, 0.3) is 0 Å². The minimum Gasteiger partial charge on any atom is -0.356 e. The molecule has 0 unspecified atom stereocenters. The first-order chi connectivity index (χ1) is 8.53. The van der Waals surface area contributed by atoms with Gasteiger partial charge in [-0.1, -0.05) is 18.2 Å². The number of para-hydroxylation sites is 1. The van der Waals surface area contributed by atoms with Crippen molar-refractivity contribution in [3.05, 3.63) is 54.6 Å². The number of rotatable bonds is 4. The first kappa shape index (κ1) is 12.4. The van der Waals surface area contributed by atoms with E-state index in [4.69, 9.17) is 4.55 Å². The summed E-state index contributed by atoms with van der Waals surface area (Å²) >= 11 is 0. The Morgan fingerprint density at radius 2 is 1.28 bits per heavy atom. The van der Waals surface area contributed by atoms with Gasteiger partial charge in [0.05, 0.1) is 5.69 Å². The summed E-state index contributed by atoms with van der Waals surface area (Å²) in [6, 6.07) is 16.1. The SMILES string of the molecule is O=S(=O)(O)Nc1ccc(Nc2ccccc2)cc1. The Labute approximate surface area is 105 Å². The lowest BCUT2D eigenvalue weighted by Crippen LogP contribution is -2.10. The number of hydrogen-bond donors (Lipinski definition) is 3. The molecule has 0 spiro atoms. The van der Waals surface area contributed by atoms with Gasteiger partial charge in [-0.15, -0.1) is 0 Å². The van der Waals surface area contributed by atoms with Gasteiger partial charge < -0.3 is 5.32 Å². The molecule has 5 nitrogen and oxygen atoms in total. The van der Waals surface area contributed by atoms with Crippen molar-refractivity contribution in [3.8, 4) is 0 Å². The quantitative estimate of drug-likeness (QED) is 0.742. The number of nitrogens with one attached hydrogen (secondary N) is 2. The predicted octanol–water partition coefficient (Wildman–Crippen LogP) is 2.64. The second-order valence-corrected chi connectivity index (χ2v) is 4.80. The Bertz CT molecular complexity index is 610. The van der Waals surface area contributed by atoms with E-state index < -0.39 is 10.3 Å². The van der Waals surface area contributed by atoms with Gasteiger partial charge in [0, 0.05) is 11.4 Å². The molecule has 94 valence electrons. The van der Waals surface area contributed by atoms with E-state index in [0.717, 1.165) is 11.4 Å². The normalized spacial score (nSPS) is 10.9. The van der Waals surface area contributed by atoms with Crippen molar-refractivity contribution in [1.29, 1.82) is 0 Å². The highest BCUT2D eigenvalue weighted by atomic mass is 32.2. The highest BCUT2D eigenvalue weighted by Gasteiger charge is 2.03. The average Bonchev–Trinajstić information content (AvgIpc) is 2.31. The fraction of sp³-hybridized carbons (Fsp3) is 0. The Kier molecular flexibility index (Phi) is 3.50. The molecule has 0 aliphatic heterocycles. The Morgan fingerprint density at radius 1 is 0.778 bits per heavy atom. The van der Waals surface area contributed by atoms with E-state index in [9.17, 15) is 8.42 Å². The van der Waals surface area contributed by atoms with Crippen LogP contribution in [0.15, 0.2) is 54.6 Å². The van der Waals surface area contributed by atoms with Crippen LogP contribution in [0.5, 0.6) is 0 Å². The van der Waals surface area contributed by atoms with E-state index in [0.29, 0.717) is 5.69 Å². The summed E-state index contributed by atoms with van der Waals surface area (Å²) in [6.07, 6.45) is 0. The van der Waals surface area contributed by atoms with Crippen LogP contribution in [0.25, 0.3) is 0 Å². The molecule has 0 amide bonds. The van der Waals surface area contributed by atoms with Crippen LogP contribution in [0.2, 0.25) is 0 Å². The summed E-state index contributed by atoms with van der Waals surface area (Å²) < 4.78 is 31.8. The van der Waals surface area contributed by atoms with Crippen molar-refractivity contribution in [2.24, 2.45) is 0 Å². The van der Waals surface area contributed by atoms with Crippen molar-refractivity contribution < 1.29 is 13.0 Å². The van der Waals surface area contributed by atoms with Gasteiger partial charge >= 0.3 is 10.3 Å². The topological polar surface area (TPSA) is 78.4 Å². The van der Waals surface area contributed by atoms with Gasteiger partial charge in [-0.2, -0.15) is 8.42 Å². The number of hydrogen-bond acceptors (Lipinski definition) is 3. The number of anilines is 3. The van der Waals surface area contributed by atoms with E-state index in [1.54, 1.807) is 24.3 Å². The van der Waals surface area contributed by atoms with Gasteiger partial charge in [-0.25, -0.2) is 0 Å². The Morgan fingerprint density at radius 3 is 1.83 bits per heavy atom. The maximum atomic E-state index is 10.6. The first-order valence-electron chi connectivity index (χ1n) is 5.20. The van der Waals surface area contributed by atoms with Crippen LogP contribution in [0.3, 0.4) is 0 Å². The summed E-state index contributed by atoms with van der Waals surface area (Å²) in [5.41, 5.74) is 2.06. The molecule has 18 heavy (non-hydrogen) atoms. The van der Waals surface area contributed by atoms with Crippen molar-refractivity contribution >= 4 is 27.4 Å². The van der Waals surface area contributed by atoms with Crippen molar-refractivity contribution in [2.75, 3.05) is 10.0 Å². The lowest BCUT2D eigenvalue weighted by Gasteiger charge is -2.07. The summed E-state index contributed by atoms with van der Waals surface area (Å²) in [7, 11) is -4.22. The zero-order valence-electron chi connectivity index (χ0n) is 9.37. The zero-order valence-corrected chi connectivity index (χ0v) is 10.2. The Hall–Kier alpha value is -2.05. The number of benzene rings is 2. The van der Waals surface area contributed by atoms with Crippen LogP contribution < -0.4 is 10.0 Å². The molecule has 0 bridgehead atoms. The van der Waals surface area contributed by atoms with Gasteiger partial charge in [-0.3, -0.25) is 9.27 Å². The highest BCUT2D eigenvalue weighted by molar-refractivity contribution is 7.87. The summed E-state index contributed by atoms with van der Waals surface area (Å²) in [4.78, 5) is 0. The molecule has 2 aromatic carbocycles. The van der Waals surface area contributed by atoms with E-state index in [1.807, 2.05) is 35.1 Å². The molecule has 0 fully saturated rings. The third-order valence-corrected chi connectivity index (χ3v) is 2.69. The minimum absolute atomic E-state index is 0.302. The smallest absolute Gasteiger partial charge is 0.356 e. The molecule has 2 aromatic rings. The van der Waals surface area contributed by atoms with Crippen molar-refractivity contribution in [3.63, 3.8) is 0 Å². The summed E-state index contributed by atoms with van der Waals surface area (Å²) in [5, 5.41) is 3.15. The maximum absolute atomic E-state index is 10.6. The van der Waals surface area contributed by atoms with Gasteiger partial charge in [0.1, 0.15) is 0 Å². The molecule has 6 heteroatoms. The largest absolute Gasteiger partial charge is 0.357 e. The first-order valence-corrected chi connectivity index (χ1v) is 6.64. The average molecular weight is 264 g/mol. The monoisotopic (exact) mass is 264 g/mol. The third kappa shape index (κ3) is 3.76. The molecule has 0 saturated heterocycles. The van der Waals surface area contributed by atoms with E-state index in [-0.39, 0.29) is 0 Å². The van der Waals surface area contributed by atoms with E-state index in [2.05, 4.69) is 5.32 Å². The predicted molar refractivity (Wildman–Crippen MR) is 71.3 cm³/mol. The highest BCUT2D eigenvalue weighted by Crippen LogP contribution is 2.18. The zero-order chi connectivity index (χ0) is 13.0. The fourth-order valence-corrected chi connectivity index (χ4v) is 1.89. The van der Waals surface area contributed by atoms with Gasteiger partial charge in [0.15, 0.2) is 0 Å². The van der Waals surface area contributed by atoms with Crippen LogP contribution in [-0.2, 0) is 10.3 Å². The molecular weight excluding hydrogens is 252 g/mol. The van der Waals surface area contributed by atoms with Crippen molar-refractivity contribution in [2.45, 2.75) is 0 Å². The van der Waals surface area contributed by atoms with Crippen LogP contribution in [0, 0.1) is 0 Å². The Balaban J connectivity index is 2.09. The van der Waals surface area contributed by atoms with Crippen LogP contribution >= 0.6 is 0 Å². The summed E-state index contributed by atoms with van der Waals surface area (Å²) in [6.45, 7) is 0. The fourth-order valence-electron chi connectivity index (χ4n) is 1.46. The van der Waals surface area contributed by atoms with Gasteiger partial charge in [-0.05, 0) is 36.4 Å². The maximum Gasteiger partial charge on any atom is 0.357 e. The molecule has 3 N–H and O–H groups in total. The van der Waals surface area contributed by atoms with Crippen molar-refractivity contribution in [1.82, 2.24) is 0 Å². The molecule has 2 rings (SSSR count). The lowest BCUT2D eigenvalue weighted by atomic mass is 10.2. The standard InChI is InChI=1S/C12H12N2O3S/c15-18(16,17)14-12-8-6-11(7-9-12)13-10-4-2-1-3-5-10/h1-9,13-14H,(H,15,16,17). The van der Waals surface area contributed by atoms with Crippen LogP contribution in [0.1, 0.15) is 0 Å². The molecular formula is C12H12N2O3S. The second-order valence-electron chi connectivity index (χ2n) is 3.65. The van der Waals surface area contributed by atoms with Crippen LogP contribution in [0.4, 0.5) is 17.1 Å². The molecule has 0 aliphatic carbocycles. The molecule has 0 aliphatic rings. The summed E-state index contributed by atoms with van der Waals surface area (Å²) in [5.74, 6) is 0. The third-order valence-electron chi connectivity index (χ3n) is 2.19. The molecule has 0 aromatic heterocycles.